The Bertz CT molecular complexity index is 437. The Hall–Kier alpha value is -1.24. The molecule has 17 heavy (non-hydrogen) atoms. The van der Waals surface area contributed by atoms with Crippen molar-refractivity contribution in [2.24, 2.45) is 11.7 Å². The van der Waals surface area contributed by atoms with Crippen LogP contribution >= 0.6 is 11.6 Å². The smallest absolute Gasteiger partial charge is 0.103 e. The number of halogens is 1. The van der Waals surface area contributed by atoms with Gasteiger partial charge in [-0.25, -0.2) is 0 Å². The van der Waals surface area contributed by atoms with Crippen LogP contribution in [0.4, 0.5) is 5.69 Å². The monoisotopic (exact) mass is 251 g/mol. The molecule has 0 bridgehead atoms. The summed E-state index contributed by atoms with van der Waals surface area (Å²) in [5, 5.41) is 12.9. The van der Waals surface area contributed by atoms with Gasteiger partial charge in [0.25, 0.3) is 0 Å². The quantitative estimate of drug-likeness (QED) is 0.865. The molecule has 92 valence electrons. The van der Waals surface area contributed by atoms with Gasteiger partial charge in [-0.05, 0) is 25.0 Å². The predicted octanol–water partition coefficient (Wildman–Crippen LogP) is 3.00. The van der Waals surface area contributed by atoms with E-state index in [9.17, 15) is 0 Å². The van der Waals surface area contributed by atoms with E-state index < -0.39 is 0 Å². The van der Waals surface area contributed by atoms with E-state index in [1.165, 1.54) is 0 Å². The van der Waals surface area contributed by atoms with Gasteiger partial charge in [0.1, 0.15) is 6.07 Å². The average molecular weight is 252 g/mol. The Morgan fingerprint density at radius 1 is 1.53 bits per heavy atom. The van der Waals surface area contributed by atoms with Crippen LogP contribution in [0.2, 0.25) is 5.02 Å². The molecule has 1 rings (SSSR count). The zero-order valence-electron chi connectivity index (χ0n) is 10.4. The number of rotatable bonds is 4. The van der Waals surface area contributed by atoms with E-state index in [4.69, 9.17) is 22.6 Å². The van der Waals surface area contributed by atoms with Gasteiger partial charge in [0.05, 0.1) is 16.3 Å². The Labute approximate surface area is 108 Å². The molecule has 0 radical (unpaired) electrons. The number of nitriles is 1. The maximum Gasteiger partial charge on any atom is 0.103 e. The van der Waals surface area contributed by atoms with Gasteiger partial charge in [0.2, 0.25) is 0 Å². The van der Waals surface area contributed by atoms with Crippen LogP contribution in [0, 0.1) is 17.2 Å². The summed E-state index contributed by atoms with van der Waals surface area (Å²) < 4.78 is 0. The fourth-order valence-electron chi connectivity index (χ4n) is 1.48. The van der Waals surface area contributed by atoms with E-state index in [1.807, 2.05) is 19.1 Å². The first kappa shape index (κ1) is 13.8. The molecule has 0 aliphatic heterocycles. The molecular formula is C13H18ClN3. The van der Waals surface area contributed by atoms with Gasteiger partial charge in [0.15, 0.2) is 0 Å². The highest BCUT2D eigenvalue weighted by atomic mass is 35.5. The van der Waals surface area contributed by atoms with Crippen LogP contribution < -0.4 is 11.1 Å². The van der Waals surface area contributed by atoms with E-state index in [0.29, 0.717) is 23.0 Å². The van der Waals surface area contributed by atoms with E-state index >= 15 is 0 Å². The highest BCUT2D eigenvalue weighted by molar-refractivity contribution is 6.32. The Morgan fingerprint density at radius 3 is 2.65 bits per heavy atom. The fraction of sp³-hybridized carbons (Fsp3) is 0.462. The van der Waals surface area contributed by atoms with Crippen LogP contribution in [-0.2, 0) is 0 Å². The second-order valence-corrected chi connectivity index (χ2v) is 5.08. The molecule has 0 aliphatic rings. The maximum absolute atomic E-state index is 9.10. The molecule has 0 fully saturated rings. The Morgan fingerprint density at radius 2 is 2.18 bits per heavy atom. The van der Waals surface area contributed by atoms with Gasteiger partial charge < -0.3 is 11.1 Å². The molecule has 0 aliphatic carbocycles. The van der Waals surface area contributed by atoms with Crippen LogP contribution in [0.5, 0.6) is 0 Å². The summed E-state index contributed by atoms with van der Waals surface area (Å²) >= 11 is 5.99. The molecule has 0 saturated heterocycles. The first-order valence-electron chi connectivity index (χ1n) is 5.61. The van der Waals surface area contributed by atoms with Crippen LogP contribution in [0.1, 0.15) is 26.3 Å². The van der Waals surface area contributed by atoms with Gasteiger partial charge in [0, 0.05) is 12.1 Å². The largest absolute Gasteiger partial charge is 0.377 e. The second kappa shape index (κ2) is 5.39. The Balaban J connectivity index is 3.11. The highest BCUT2D eigenvalue weighted by Gasteiger charge is 2.27. The van der Waals surface area contributed by atoms with Crippen LogP contribution in [0.15, 0.2) is 18.2 Å². The minimum absolute atomic E-state index is 0.254. The number of hydrogen-bond donors (Lipinski definition) is 2. The highest BCUT2D eigenvalue weighted by Crippen LogP contribution is 2.28. The minimum Gasteiger partial charge on any atom is -0.377 e. The summed E-state index contributed by atoms with van der Waals surface area (Å²) in [6, 6.07) is 7.49. The second-order valence-electron chi connectivity index (χ2n) is 4.68. The van der Waals surface area contributed by atoms with Gasteiger partial charge in [-0.1, -0.05) is 31.5 Å². The third-order valence-electron chi connectivity index (χ3n) is 3.24. The molecular weight excluding hydrogens is 234 g/mol. The number of nitrogens with one attached hydrogen (secondary N) is 1. The number of benzene rings is 1. The SMILES string of the molecule is CC(C)C(C)(CN)Nc1cccc(Cl)c1C#N. The maximum atomic E-state index is 9.10. The normalized spacial score (nSPS) is 14.2. The molecule has 3 nitrogen and oxygen atoms in total. The van der Waals surface area contributed by atoms with Crippen LogP contribution in [0.25, 0.3) is 0 Å². The summed E-state index contributed by atoms with van der Waals surface area (Å²) in [5.74, 6) is 0.345. The van der Waals surface area contributed by atoms with E-state index in [-0.39, 0.29) is 5.54 Å². The topological polar surface area (TPSA) is 61.8 Å². The van der Waals surface area contributed by atoms with Gasteiger partial charge in [-0.15, -0.1) is 0 Å². The number of nitrogens with zero attached hydrogens (tertiary/aromatic N) is 1. The first-order valence-corrected chi connectivity index (χ1v) is 5.99. The van der Waals surface area contributed by atoms with Crippen molar-refractivity contribution < 1.29 is 0 Å². The lowest BCUT2D eigenvalue weighted by atomic mass is 9.88. The standard InChI is InChI=1S/C13H18ClN3/c1-9(2)13(3,8-16)17-12-6-4-5-11(14)10(12)7-15/h4-6,9,17H,8,16H2,1-3H3. The molecule has 0 heterocycles. The summed E-state index contributed by atoms with van der Waals surface area (Å²) in [6.45, 7) is 6.72. The zero-order chi connectivity index (χ0) is 13.1. The number of nitrogens with two attached hydrogens (primary N) is 1. The number of hydrogen-bond acceptors (Lipinski definition) is 3. The minimum atomic E-state index is -0.254. The van der Waals surface area contributed by atoms with Crippen LogP contribution in [-0.4, -0.2) is 12.1 Å². The van der Waals surface area contributed by atoms with Crippen molar-refractivity contribution in [3.8, 4) is 6.07 Å². The molecule has 1 unspecified atom stereocenters. The summed E-state index contributed by atoms with van der Waals surface area (Å²) in [5.41, 5.74) is 6.76. The number of anilines is 1. The Kier molecular flexibility index (Phi) is 4.39. The van der Waals surface area contributed by atoms with Crippen molar-refractivity contribution in [2.45, 2.75) is 26.3 Å². The van der Waals surface area contributed by atoms with Gasteiger partial charge in [-0.2, -0.15) is 5.26 Å². The zero-order valence-corrected chi connectivity index (χ0v) is 11.2. The third kappa shape index (κ3) is 2.91. The molecule has 1 atom stereocenters. The fourth-order valence-corrected chi connectivity index (χ4v) is 1.70. The lowest BCUT2D eigenvalue weighted by Gasteiger charge is -2.35. The van der Waals surface area contributed by atoms with Crippen molar-refractivity contribution in [1.82, 2.24) is 0 Å². The molecule has 0 amide bonds. The lowest BCUT2D eigenvalue weighted by molar-refractivity contribution is 0.382. The average Bonchev–Trinajstić information content (AvgIpc) is 2.29. The summed E-state index contributed by atoms with van der Waals surface area (Å²) in [6.07, 6.45) is 0. The van der Waals surface area contributed by atoms with Gasteiger partial charge >= 0.3 is 0 Å². The van der Waals surface area contributed by atoms with Crippen molar-refractivity contribution >= 4 is 17.3 Å². The molecule has 4 heteroatoms. The summed E-state index contributed by atoms with van der Waals surface area (Å²) in [4.78, 5) is 0. The molecule has 1 aromatic rings. The van der Waals surface area contributed by atoms with E-state index in [2.05, 4.69) is 25.2 Å². The van der Waals surface area contributed by atoms with E-state index in [1.54, 1.807) is 6.07 Å². The summed E-state index contributed by atoms with van der Waals surface area (Å²) in [7, 11) is 0. The third-order valence-corrected chi connectivity index (χ3v) is 3.56. The molecule has 0 spiro atoms. The van der Waals surface area contributed by atoms with Crippen LogP contribution in [0.3, 0.4) is 0 Å². The lowest BCUT2D eigenvalue weighted by Crippen LogP contribution is -2.47. The van der Waals surface area contributed by atoms with Crippen molar-refractivity contribution in [2.75, 3.05) is 11.9 Å². The molecule has 0 saturated carbocycles. The predicted molar refractivity (Wildman–Crippen MR) is 72.1 cm³/mol. The first-order chi connectivity index (χ1) is 7.94. The molecule has 3 N–H and O–H groups in total. The van der Waals surface area contributed by atoms with Crippen molar-refractivity contribution in [1.29, 1.82) is 5.26 Å². The van der Waals surface area contributed by atoms with E-state index in [0.717, 1.165) is 5.69 Å². The van der Waals surface area contributed by atoms with Crippen molar-refractivity contribution in [3.05, 3.63) is 28.8 Å². The van der Waals surface area contributed by atoms with Crippen molar-refractivity contribution in [3.63, 3.8) is 0 Å². The molecule has 0 aromatic heterocycles. The molecule has 1 aromatic carbocycles. The van der Waals surface area contributed by atoms with Gasteiger partial charge in [-0.3, -0.25) is 0 Å².